The Morgan fingerprint density at radius 2 is 1.93 bits per heavy atom. The fourth-order valence-electron chi connectivity index (χ4n) is 0.977. The third-order valence-corrected chi connectivity index (χ3v) is 2.23. The van der Waals surface area contributed by atoms with Gasteiger partial charge in [-0.15, -0.1) is 13.2 Å². The molecule has 0 spiro atoms. The molecule has 1 aromatic rings. The zero-order chi connectivity index (χ0) is 11.5. The Hall–Kier alpha value is -1.22. The van der Waals surface area contributed by atoms with Crippen LogP contribution < -0.4 is 4.74 Å². The molecule has 0 saturated heterocycles. The summed E-state index contributed by atoms with van der Waals surface area (Å²) in [6.07, 6.45) is -4.75. The predicted molar refractivity (Wildman–Crippen MR) is 50.4 cm³/mol. The van der Waals surface area contributed by atoms with Crippen molar-refractivity contribution in [1.29, 1.82) is 5.26 Å². The third-order valence-electron chi connectivity index (χ3n) is 1.53. The number of para-hydroxylation sites is 1. The second-order valence-electron chi connectivity index (χ2n) is 2.58. The van der Waals surface area contributed by atoms with Crippen molar-refractivity contribution in [3.8, 4) is 11.8 Å². The highest BCUT2D eigenvalue weighted by Gasteiger charge is 2.32. The van der Waals surface area contributed by atoms with Crippen LogP contribution in [0.25, 0.3) is 0 Å². The molecule has 1 rings (SSSR count). The maximum atomic E-state index is 12.0. The Kier molecular flexibility index (Phi) is 3.58. The van der Waals surface area contributed by atoms with Gasteiger partial charge in [0.25, 0.3) is 0 Å². The average molecular weight is 280 g/mol. The molecular formula is C9H5BrF3NO. The molecule has 0 saturated carbocycles. The Bertz CT molecular complexity index is 386. The van der Waals surface area contributed by atoms with E-state index < -0.39 is 11.2 Å². The summed E-state index contributed by atoms with van der Waals surface area (Å²) in [6.45, 7) is 0. The van der Waals surface area contributed by atoms with Crippen LogP contribution in [0.15, 0.2) is 24.3 Å². The van der Waals surface area contributed by atoms with Crippen molar-refractivity contribution in [2.45, 2.75) is 11.2 Å². The van der Waals surface area contributed by atoms with Crippen LogP contribution in [0.5, 0.6) is 5.75 Å². The zero-order valence-electron chi connectivity index (χ0n) is 7.25. The zero-order valence-corrected chi connectivity index (χ0v) is 8.84. The van der Waals surface area contributed by atoms with Crippen LogP contribution in [0.2, 0.25) is 0 Å². The van der Waals surface area contributed by atoms with Crippen molar-refractivity contribution >= 4 is 15.9 Å². The number of rotatable bonds is 2. The lowest BCUT2D eigenvalue weighted by atomic mass is 10.1. The molecule has 0 amide bonds. The van der Waals surface area contributed by atoms with Gasteiger partial charge in [0.1, 0.15) is 10.6 Å². The number of alkyl halides is 4. The Labute approximate surface area is 92.4 Å². The van der Waals surface area contributed by atoms with Crippen LogP contribution in [0.3, 0.4) is 0 Å². The van der Waals surface area contributed by atoms with E-state index in [0.29, 0.717) is 0 Å². The molecule has 0 heterocycles. The molecule has 0 bridgehead atoms. The monoisotopic (exact) mass is 279 g/mol. The number of benzene rings is 1. The Morgan fingerprint density at radius 3 is 2.47 bits per heavy atom. The highest BCUT2D eigenvalue weighted by molar-refractivity contribution is 9.09. The number of hydrogen-bond acceptors (Lipinski definition) is 2. The minimum atomic E-state index is -4.75. The maximum Gasteiger partial charge on any atom is 0.573 e. The van der Waals surface area contributed by atoms with Gasteiger partial charge in [0, 0.05) is 5.56 Å². The van der Waals surface area contributed by atoms with Crippen molar-refractivity contribution in [2.75, 3.05) is 0 Å². The van der Waals surface area contributed by atoms with Gasteiger partial charge < -0.3 is 4.74 Å². The molecule has 0 N–H and O–H groups in total. The van der Waals surface area contributed by atoms with E-state index in [0.717, 1.165) is 6.07 Å². The Morgan fingerprint density at radius 1 is 1.33 bits per heavy atom. The summed E-state index contributed by atoms with van der Waals surface area (Å²) >= 11 is 2.93. The van der Waals surface area contributed by atoms with E-state index in [1.54, 1.807) is 6.07 Å². The molecule has 0 aromatic heterocycles. The SMILES string of the molecule is N#CC(Br)c1ccccc1OC(F)(F)F. The van der Waals surface area contributed by atoms with Gasteiger partial charge in [-0.3, -0.25) is 0 Å². The third kappa shape index (κ3) is 3.44. The maximum absolute atomic E-state index is 12.0. The first-order valence-corrected chi connectivity index (χ1v) is 4.74. The quantitative estimate of drug-likeness (QED) is 0.776. The molecule has 0 fully saturated rings. The number of nitrogens with zero attached hydrogens (tertiary/aromatic N) is 1. The Balaban J connectivity index is 3.03. The van der Waals surface area contributed by atoms with Crippen LogP contribution in [0.4, 0.5) is 13.2 Å². The van der Waals surface area contributed by atoms with E-state index in [1.165, 1.54) is 18.2 Å². The van der Waals surface area contributed by atoms with Crippen molar-refractivity contribution in [1.82, 2.24) is 0 Å². The van der Waals surface area contributed by atoms with E-state index >= 15 is 0 Å². The van der Waals surface area contributed by atoms with Crippen LogP contribution in [0, 0.1) is 11.3 Å². The van der Waals surface area contributed by atoms with Crippen molar-refractivity contribution < 1.29 is 17.9 Å². The highest BCUT2D eigenvalue weighted by atomic mass is 79.9. The molecule has 80 valence electrons. The second-order valence-corrected chi connectivity index (χ2v) is 3.49. The van der Waals surface area contributed by atoms with Crippen LogP contribution in [-0.4, -0.2) is 6.36 Å². The van der Waals surface area contributed by atoms with E-state index in [-0.39, 0.29) is 11.3 Å². The number of hydrogen-bond donors (Lipinski definition) is 0. The largest absolute Gasteiger partial charge is 0.573 e. The smallest absolute Gasteiger partial charge is 0.405 e. The minimum absolute atomic E-state index is 0.150. The molecule has 6 heteroatoms. The lowest BCUT2D eigenvalue weighted by molar-refractivity contribution is -0.274. The van der Waals surface area contributed by atoms with E-state index in [2.05, 4.69) is 20.7 Å². The van der Waals surface area contributed by atoms with Gasteiger partial charge >= 0.3 is 6.36 Å². The number of ether oxygens (including phenoxy) is 1. The van der Waals surface area contributed by atoms with Gasteiger partial charge in [-0.2, -0.15) is 5.26 Å². The summed E-state index contributed by atoms with van der Waals surface area (Å²) in [6, 6.07) is 7.27. The first-order chi connectivity index (χ1) is 6.94. The first kappa shape index (κ1) is 11.9. The van der Waals surface area contributed by atoms with Crippen molar-refractivity contribution in [3.63, 3.8) is 0 Å². The molecule has 0 aliphatic carbocycles. The van der Waals surface area contributed by atoms with Gasteiger partial charge in [-0.05, 0) is 6.07 Å². The van der Waals surface area contributed by atoms with Gasteiger partial charge in [-0.25, -0.2) is 0 Å². The second kappa shape index (κ2) is 4.53. The van der Waals surface area contributed by atoms with E-state index in [1.807, 2.05) is 0 Å². The molecule has 1 unspecified atom stereocenters. The predicted octanol–water partition coefficient (Wildman–Crippen LogP) is 3.54. The fourth-order valence-corrected chi connectivity index (χ4v) is 1.36. The average Bonchev–Trinajstić information content (AvgIpc) is 2.15. The van der Waals surface area contributed by atoms with Gasteiger partial charge in [-0.1, -0.05) is 34.1 Å². The minimum Gasteiger partial charge on any atom is -0.405 e. The normalized spacial score (nSPS) is 13.0. The summed E-state index contributed by atoms with van der Waals surface area (Å²) in [5.41, 5.74) is 0.150. The van der Waals surface area contributed by atoms with Crippen LogP contribution in [0.1, 0.15) is 10.4 Å². The highest BCUT2D eigenvalue weighted by Crippen LogP contribution is 2.33. The molecule has 1 atom stereocenters. The first-order valence-electron chi connectivity index (χ1n) is 3.82. The van der Waals surface area contributed by atoms with E-state index in [9.17, 15) is 13.2 Å². The summed E-state index contributed by atoms with van der Waals surface area (Å²) in [7, 11) is 0. The standard InChI is InChI=1S/C9H5BrF3NO/c10-7(5-14)6-3-1-2-4-8(6)15-9(11,12)13/h1-4,7H. The molecule has 0 aliphatic heterocycles. The molecule has 0 aliphatic rings. The molecule has 2 nitrogen and oxygen atoms in total. The molecule has 15 heavy (non-hydrogen) atoms. The van der Waals surface area contributed by atoms with Gasteiger partial charge in [0.2, 0.25) is 0 Å². The summed E-state index contributed by atoms with van der Waals surface area (Å²) < 4.78 is 39.7. The number of halogens is 4. The molecule has 0 radical (unpaired) electrons. The topological polar surface area (TPSA) is 33.0 Å². The summed E-state index contributed by atoms with van der Waals surface area (Å²) in [5.74, 6) is -0.367. The summed E-state index contributed by atoms with van der Waals surface area (Å²) in [4.78, 5) is -0.823. The molecule has 1 aromatic carbocycles. The van der Waals surface area contributed by atoms with Crippen molar-refractivity contribution in [3.05, 3.63) is 29.8 Å². The lowest BCUT2D eigenvalue weighted by Crippen LogP contribution is -2.18. The van der Waals surface area contributed by atoms with Gasteiger partial charge in [0.15, 0.2) is 0 Å². The van der Waals surface area contributed by atoms with Crippen LogP contribution >= 0.6 is 15.9 Å². The number of nitriles is 1. The van der Waals surface area contributed by atoms with Crippen molar-refractivity contribution in [2.24, 2.45) is 0 Å². The van der Waals surface area contributed by atoms with Crippen LogP contribution in [-0.2, 0) is 0 Å². The fraction of sp³-hybridized carbons (Fsp3) is 0.222. The molecular weight excluding hydrogens is 275 g/mol. The van der Waals surface area contributed by atoms with Gasteiger partial charge in [0.05, 0.1) is 6.07 Å². The van der Waals surface area contributed by atoms with E-state index in [4.69, 9.17) is 5.26 Å². The lowest BCUT2D eigenvalue weighted by Gasteiger charge is -2.13. The summed E-state index contributed by atoms with van der Waals surface area (Å²) in [5, 5.41) is 8.58.